The first kappa shape index (κ1) is 23.2. The smallest absolute Gasteiger partial charge is 0.343 e. The third kappa shape index (κ3) is 4.20. The Morgan fingerprint density at radius 2 is 1.58 bits per heavy atom. The van der Waals surface area contributed by atoms with Crippen LogP contribution in [0.2, 0.25) is 0 Å². The average Bonchev–Trinajstić information content (AvgIpc) is 3.38. The van der Waals surface area contributed by atoms with E-state index in [-0.39, 0.29) is 11.3 Å². The molecule has 0 spiro atoms. The van der Waals surface area contributed by atoms with E-state index >= 15 is 0 Å². The van der Waals surface area contributed by atoms with Gasteiger partial charge in [0.05, 0.1) is 12.7 Å². The van der Waals surface area contributed by atoms with Gasteiger partial charge in [0.1, 0.15) is 22.9 Å². The SMILES string of the molecule is COc1cccc2cc(-c3cc(=O)oc4cc(-c5ccccc5)c(OC(=O)c5ccc(F)cc5)cc34)oc12. The van der Waals surface area contributed by atoms with Gasteiger partial charge in [0.15, 0.2) is 11.3 Å². The van der Waals surface area contributed by atoms with Gasteiger partial charge >= 0.3 is 11.6 Å². The van der Waals surface area contributed by atoms with Gasteiger partial charge in [0.25, 0.3) is 0 Å². The lowest BCUT2D eigenvalue weighted by molar-refractivity contribution is 0.0735. The fourth-order valence-electron chi connectivity index (χ4n) is 4.39. The Morgan fingerprint density at radius 1 is 0.789 bits per heavy atom. The molecule has 7 heteroatoms. The highest BCUT2D eigenvalue weighted by atomic mass is 19.1. The van der Waals surface area contributed by atoms with Gasteiger partial charge in [-0.25, -0.2) is 14.0 Å². The number of carbonyl (C=O) groups is 1. The lowest BCUT2D eigenvalue weighted by Gasteiger charge is -2.13. The van der Waals surface area contributed by atoms with Gasteiger partial charge in [0, 0.05) is 28.0 Å². The maximum Gasteiger partial charge on any atom is 0.343 e. The standard InChI is InChI=1S/C31H19FO6/c1-35-25-9-5-8-20-14-26(37-30(20)25)24-17-29(33)36-28-15-22(18-6-3-2-4-7-18)27(16-23(24)28)38-31(34)19-10-12-21(32)13-11-19/h2-17H,1H3. The van der Waals surface area contributed by atoms with Crippen molar-refractivity contribution in [3.05, 3.63) is 119 Å². The van der Waals surface area contributed by atoms with E-state index in [1.165, 1.54) is 30.3 Å². The van der Waals surface area contributed by atoms with Gasteiger partial charge in [-0.1, -0.05) is 42.5 Å². The highest BCUT2D eigenvalue weighted by molar-refractivity contribution is 6.00. The number of ether oxygens (including phenoxy) is 2. The predicted octanol–water partition coefficient (Wildman–Crippen LogP) is 7.24. The van der Waals surface area contributed by atoms with E-state index in [9.17, 15) is 14.0 Å². The summed E-state index contributed by atoms with van der Waals surface area (Å²) >= 11 is 0. The van der Waals surface area contributed by atoms with Crippen LogP contribution in [-0.4, -0.2) is 13.1 Å². The Kier molecular flexibility index (Phi) is 5.73. The van der Waals surface area contributed by atoms with Crippen LogP contribution in [0.25, 0.3) is 44.4 Å². The molecule has 0 bridgehead atoms. The number of rotatable bonds is 5. The lowest BCUT2D eigenvalue weighted by Crippen LogP contribution is -2.09. The van der Waals surface area contributed by atoms with Gasteiger partial charge in [0.2, 0.25) is 0 Å². The molecule has 6 rings (SSSR count). The summed E-state index contributed by atoms with van der Waals surface area (Å²) in [5.74, 6) is 0.0992. The summed E-state index contributed by atoms with van der Waals surface area (Å²) in [4.78, 5) is 25.6. The second kappa shape index (κ2) is 9.37. The molecule has 0 aliphatic heterocycles. The van der Waals surface area contributed by atoms with Gasteiger partial charge in [-0.3, -0.25) is 0 Å². The van der Waals surface area contributed by atoms with Gasteiger partial charge in [-0.2, -0.15) is 0 Å². The third-order valence-corrected chi connectivity index (χ3v) is 6.21. The predicted molar refractivity (Wildman–Crippen MR) is 141 cm³/mol. The first-order valence-corrected chi connectivity index (χ1v) is 11.7. The van der Waals surface area contributed by atoms with Crippen LogP contribution < -0.4 is 15.1 Å². The highest BCUT2D eigenvalue weighted by Gasteiger charge is 2.20. The molecule has 0 N–H and O–H groups in total. The zero-order valence-corrected chi connectivity index (χ0v) is 20.1. The van der Waals surface area contributed by atoms with Crippen LogP contribution in [-0.2, 0) is 0 Å². The van der Waals surface area contributed by atoms with Crippen molar-refractivity contribution in [3.63, 3.8) is 0 Å². The summed E-state index contributed by atoms with van der Waals surface area (Å²) in [5.41, 5.74) is 2.21. The number of hydrogen-bond donors (Lipinski definition) is 0. The molecule has 4 aromatic carbocycles. The monoisotopic (exact) mass is 506 g/mol. The molecule has 0 fully saturated rings. The van der Waals surface area contributed by atoms with E-state index in [2.05, 4.69) is 0 Å². The van der Waals surface area contributed by atoms with Crippen LogP contribution in [0.5, 0.6) is 11.5 Å². The number of fused-ring (bicyclic) bond motifs is 2. The van der Waals surface area contributed by atoms with Crippen LogP contribution in [0.15, 0.2) is 111 Å². The molecule has 2 heterocycles. The Hall–Kier alpha value is -5.17. The molecule has 6 nitrogen and oxygen atoms in total. The Morgan fingerprint density at radius 3 is 2.34 bits per heavy atom. The van der Waals surface area contributed by atoms with Crippen molar-refractivity contribution in [1.82, 2.24) is 0 Å². The second-order valence-electron chi connectivity index (χ2n) is 8.58. The van der Waals surface area contributed by atoms with Crippen molar-refractivity contribution in [3.8, 4) is 33.9 Å². The van der Waals surface area contributed by atoms with Crippen LogP contribution >= 0.6 is 0 Å². The minimum Gasteiger partial charge on any atom is -0.493 e. The van der Waals surface area contributed by atoms with Gasteiger partial charge in [-0.15, -0.1) is 0 Å². The molecular weight excluding hydrogens is 487 g/mol. The largest absolute Gasteiger partial charge is 0.493 e. The van der Waals surface area contributed by atoms with Gasteiger partial charge in [-0.05, 0) is 54.1 Å². The second-order valence-corrected chi connectivity index (χ2v) is 8.58. The van der Waals surface area contributed by atoms with Crippen molar-refractivity contribution in [1.29, 1.82) is 0 Å². The number of carbonyl (C=O) groups excluding carboxylic acids is 1. The fourth-order valence-corrected chi connectivity index (χ4v) is 4.39. The molecule has 0 saturated heterocycles. The van der Waals surface area contributed by atoms with Crippen LogP contribution in [0.1, 0.15) is 10.4 Å². The molecule has 0 amide bonds. The third-order valence-electron chi connectivity index (χ3n) is 6.21. The van der Waals surface area contributed by atoms with Crippen LogP contribution in [0.3, 0.4) is 0 Å². The minimum absolute atomic E-state index is 0.190. The normalized spacial score (nSPS) is 11.1. The number of esters is 1. The van der Waals surface area contributed by atoms with Crippen molar-refractivity contribution in [2.45, 2.75) is 0 Å². The molecule has 6 aromatic rings. The molecule has 0 unspecified atom stereocenters. The van der Waals surface area contributed by atoms with E-state index in [1.807, 2.05) is 42.5 Å². The van der Waals surface area contributed by atoms with Crippen molar-refractivity contribution in [2.75, 3.05) is 7.11 Å². The molecular formula is C31H19FO6. The zero-order chi connectivity index (χ0) is 26.2. The number of halogens is 1. The minimum atomic E-state index is -0.658. The number of methoxy groups -OCH3 is 1. The lowest BCUT2D eigenvalue weighted by atomic mass is 10.00. The molecule has 2 aromatic heterocycles. The summed E-state index contributed by atoms with van der Waals surface area (Å²) in [6.45, 7) is 0. The Bertz CT molecular complexity index is 1870. The summed E-state index contributed by atoms with van der Waals surface area (Å²) in [6, 6.07) is 26.3. The first-order valence-electron chi connectivity index (χ1n) is 11.7. The highest BCUT2D eigenvalue weighted by Crippen LogP contribution is 2.40. The van der Waals surface area contributed by atoms with Crippen molar-refractivity contribution in [2.24, 2.45) is 0 Å². The summed E-state index contributed by atoms with van der Waals surface area (Å²) < 4.78 is 36.3. The summed E-state index contributed by atoms with van der Waals surface area (Å²) in [6.07, 6.45) is 0. The number of furan rings is 1. The summed E-state index contributed by atoms with van der Waals surface area (Å²) in [5, 5.41) is 1.30. The maximum absolute atomic E-state index is 13.4. The number of hydrogen-bond acceptors (Lipinski definition) is 6. The topological polar surface area (TPSA) is 78.9 Å². The molecule has 0 atom stereocenters. The van der Waals surface area contributed by atoms with E-state index < -0.39 is 17.4 Å². The summed E-state index contributed by atoms with van der Waals surface area (Å²) in [7, 11) is 1.55. The molecule has 0 radical (unpaired) electrons. The van der Waals surface area contributed by atoms with Gasteiger partial charge < -0.3 is 18.3 Å². The van der Waals surface area contributed by atoms with Crippen LogP contribution in [0.4, 0.5) is 4.39 Å². The van der Waals surface area contributed by atoms with E-state index in [1.54, 1.807) is 31.4 Å². The Balaban J connectivity index is 1.56. The maximum atomic E-state index is 13.4. The fraction of sp³-hybridized carbons (Fsp3) is 0.0323. The quantitative estimate of drug-likeness (QED) is 0.139. The molecule has 0 saturated carbocycles. The molecule has 38 heavy (non-hydrogen) atoms. The average molecular weight is 506 g/mol. The molecule has 0 aliphatic carbocycles. The Labute approximate surface area is 215 Å². The zero-order valence-electron chi connectivity index (χ0n) is 20.1. The number of para-hydroxylation sites is 1. The number of benzene rings is 4. The molecule has 0 aliphatic rings. The first-order chi connectivity index (χ1) is 18.5. The van der Waals surface area contributed by atoms with E-state index in [0.717, 1.165) is 10.9 Å². The molecule has 186 valence electrons. The van der Waals surface area contributed by atoms with E-state index in [0.29, 0.717) is 39.2 Å². The van der Waals surface area contributed by atoms with Crippen molar-refractivity contribution < 1.29 is 27.5 Å². The van der Waals surface area contributed by atoms with Crippen LogP contribution in [0, 0.1) is 5.82 Å². The van der Waals surface area contributed by atoms with Crippen molar-refractivity contribution >= 4 is 27.9 Å². The van der Waals surface area contributed by atoms with E-state index in [4.69, 9.17) is 18.3 Å².